The van der Waals surface area contributed by atoms with Crippen molar-refractivity contribution in [1.82, 2.24) is 0 Å². The maximum atomic E-state index is 12.1. The molecule has 0 saturated carbocycles. The molecule has 24 heavy (non-hydrogen) atoms. The molecule has 0 fully saturated rings. The molecular formula is C18H20N2O4. The van der Waals surface area contributed by atoms with Gasteiger partial charge in [0.1, 0.15) is 5.75 Å². The quantitative estimate of drug-likeness (QED) is 0.852. The van der Waals surface area contributed by atoms with Gasteiger partial charge >= 0.3 is 0 Å². The number of rotatable bonds is 6. The molecule has 0 bridgehead atoms. The molecule has 1 aliphatic heterocycles. The largest absolute Gasteiger partial charge is 0.489 e. The second-order valence-corrected chi connectivity index (χ2v) is 5.63. The number of hydrogen-bond acceptors (Lipinski definition) is 5. The van der Waals surface area contributed by atoms with Crippen molar-refractivity contribution in [2.45, 2.75) is 20.0 Å². The fraction of sp³-hybridized carbons (Fsp3) is 0.278. The molecule has 0 spiro atoms. The third-order valence-electron chi connectivity index (χ3n) is 3.35. The summed E-state index contributed by atoms with van der Waals surface area (Å²) in [6.07, 6.45) is 0.0652. The number of hydrogen-bond donors (Lipinski definition) is 2. The van der Waals surface area contributed by atoms with E-state index in [0.717, 1.165) is 11.4 Å². The summed E-state index contributed by atoms with van der Waals surface area (Å²) in [5, 5.41) is 5.92. The van der Waals surface area contributed by atoms with E-state index in [1.165, 1.54) is 0 Å². The highest BCUT2D eigenvalue weighted by molar-refractivity contribution is 5.94. The van der Waals surface area contributed by atoms with Crippen molar-refractivity contribution in [3.05, 3.63) is 42.5 Å². The SMILES string of the molecule is CC(C)Oc1ccccc1NCC(=O)Nc1ccc2c(c1)OCO2. The van der Waals surface area contributed by atoms with Crippen LogP contribution in [0.2, 0.25) is 0 Å². The minimum atomic E-state index is -0.159. The fourth-order valence-electron chi connectivity index (χ4n) is 2.32. The summed E-state index contributed by atoms with van der Waals surface area (Å²) in [6.45, 7) is 4.26. The number of carbonyl (C=O) groups excluding carboxylic acids is 1. The van der Waals surface area contributed by atoms with Crippen molar-refractivity contribution < 1.29 is 19.0 Å². The topological polar surface area (TPSA) is 68.8 Å². The summed E-state index contributed by atoms with van der Waals surface area (Å²) in [5.41, 5.74) is 1.45. The first-order valence-electron chi connectivity index (χ1n) is 7.81. The summed E-state index contributed by atoms with van der Waals surface area (Å²) in [4.78, 5) is 12.1. The van der Waals surface area contributed by atoms with Gasteiger partial charge in [-0.1, -0.05) is 12.1 Å². The van der Waals surface area contributed by atoms with Gasteiger partial charge in [-0.05, 0) is 38.1 Å². The second kappa shape index (κ2) is 7.12. The summed E-state index contributed by atoms with van der Waals surface area (Å²) >= 11 is 0. The van der Waals surface area contributed by atoms with Crippen LogP contribution in [0.5, 0.6) is 17.2 Å². The van der Waals surface area contributed by atoms with Gasteiger partial charge in [-0.15, -0.1) is 0 Å². The molecule has 1 heterocycles. The first-order chi connectivity index (χ1) is 11.6. The Labute approximate surface area is 140 Å². The van der Waals surface area contributed by atoms with Gasteiger partial charge in [0.05, 0.1) is 18.3 Å². The molecule has 6 heteroatoms. The lowest BCUT2D eigenvalue weighted by molar-refractivity contribution is -0.114. The van der Waals surface area contributed by atoms with Crippen LogP contribution in [0.15, 0.2) is 42.5 Å². The summed E-state index contributed by atoms with van der Waals surface area (Å²) in [5.74, 6) is 1.89. The Balaban J connectivity index is 1.58. The van der Waals surface area contributed by atoms with Gasteiger partial charge in [-0.25, -0.2) is 0 Å². The molecule has 0 aliphatic carbocycles. The maximum absolute atomic E-state index is 12.1. The number of amides is 1. The Morgan fingerprint density at radius 2 is 1.96 bits per heavy atom. The number of nitrogens with one attached hydrogen (secondary N) is 2. The third-order valence-corrected chi connectivity index (χ3v) is 3.35. The van der Waals surface area contributed by atoms with Crippen LogP contribution in [0.4, 0.5) is 11.4 Å². The molecule has 0 atom stereocenters. The molecule has 1 amide bonds. The molecule has 0 unspecified atom stereocenters. The molecule has 2 aromatic rings. The van der Waals surface area contributed by atoms with E-state index in [1.54, 1.807) is 18.2 Å². The van der Waals surface area contributed by atoms with Gasteiger partial charge in [0, 0.05) is 11.8 Å². The number of benzene rings is 2. The molecule has 0 radical (unpaired) electrons. The monoisotopic (exact) mass is 328 g/mol. The predicted octanol–water partition coefficient (Wildman–Crippen LogP) is 3.25. The number of anilines is 2. The van der Waals surface area contributed by atoms with E-state index < -0.39 is 0 Å². The number of carbonyl (C=O) groups is 1. The molecule has 1 aliphatic rings. The summed E-state index contributed by atoms with van der Waals surface area (Å²) in [7, 11) is 0. The Morgan fingerprint density at radius 1 is 1.17 bits per heavy atom. The Bertz CT molecular complexity index is 731. The minimum absolute atomic E-state index is 0.0652. The molecule has 2 aromatic carbocycles. The van der Waals surface area contributed by atoms with Gasteiger partial charge in [0.25, 0.3) is 0 Å². The van der Waals surface area contributed by atoms with E-state index in [1.807, 2.05) is 38.1 Å². The first-order valence-corrected chi connectivity index (χ1v) is 7.81. The van der Waals surface area contributed by atoms with Crippen LogP contribution in [-0.2, 0) is 4.79 Å². The van der Waals surface area contributed by atoms with E-state index in [-0.39, 0.29) is 25.3 Å². The smallest absolute Gasteiger partial charge is 0.243 e. The average molecular weight is 328 g/mol. The minimum Gasteiger partial charge on any atom is -0.489 e. The highest BCUT2D eigenvalue weighted by atomic mass is 16.7. The Kier molecular flexibility index (Phi) is 4.74. The molecular weight excluding hydrogens is 308 g/mol. The first kappa shape index (κ1) is 16.0. The zero-order valence-corrected chi connectivity index (χ0v) is 13.7. The van der Waals surface area contributed by atoms with Crippen molar-refractivity contribution in [2.75, 3.05) is 24.0 Å². The van der Waals surface area contributed by atoms with Gasteiger partial charge in [-0.2, -0.15) is 0 Å². The van der Waals surface area contributed by atoms with Crippen molar-refractivity contribution in [2.24, 2.45) is 0 Å². The lowest BCUT2D eigenvalue weighted by Gasteiger charge is -2.15. The van der Waals surface area contributed by atoms with Crippen LogP contribution in [0.1, 0.15) is 13.8 Å². The lowest BCUT2D eigenvalue weighted by Crippen LogP contribution is -2.22. The van der Waals surface area contributed by atoms with Gasteiger partial charge in [0.15, 0.2) is 11.5 Å². The van der Waals surface area contributed by atoms with Crippen LogP contribution in [0, 0.1) is 0 Å². The van der Waals surface area contributed by atoms with Crippen molar-refractivity contribution in [3.63, 3.8) is 0 Å². The number of para-hydroxylation sites is 2. The summed E-state index contributed by atoms with van der Waals surface area (Å²) < 4.78 is 16.3. The van der Waals surface area contributed by atoms with Crippen LogP contribution in [0.25, 0.3) is 0 Å². The average Bonchev–Trinajstić information content (AvgIpc) is 3.01. The molecule has 0 saturated heterocycles. The van der Waals surface area contributed by atoms with Crippen LogP contribution in [0.3, 0.4) is 0 Å². The highest BCUT2D eigenvalue weighted by Crippen LogP contribution is 2.34. The standard InChI is InChI=1S/C18H20N2O4/c1-12(2)24-15-6-4-3-5-14(15)19-10-18(21)20-13-7-8-16-17(9-13)23-11-22-16/h3-9,12,19H,10-11H2,1-2H3,(H,20,21). The second-order valence-electron chi connectivity index (χ2n) is 5.63. The Hall–Kier alpha value is -2.89. The highest BCUT2D eigenvalue weighted by Gasteiger charge is 2.14. The van der Waals surface area contributed by atoms with E-state index in [4.69, 9.17) is 14.2 Å². The normalized spacial score (nSPS) is 12.1. The number of fused-ring (bicyclic) bond motifs is 1. The van der Waals surface area contributed by atoms with E-state index in [0.29, 0.717) is 17.2 Å². The Morgan fingerprint density at radius 3 is 2.79 bits per heavy atom. The zero-order chi connectivity index (χ0) is 16.9. The van der Waals surface area contributed by atoms with Crippen LogP contribution in [-0.4, -0.2) is 25.3 Å². The van der Waals surface area contributed by atoms with Crippen molar-refractivity contribution in [1.29, 1.82) is 0 Å². The fourth-order valence-corrected chi connectivity index (χ4v) is 2.32. The van der Waals surface area contributed by atoms with Crippen LogP contribution >= 0.6 is 0 Å². The lowest BCUT2D eigenvalue weighted by atomic mass is 10.2. The van der Waals surface area contributed by atoms with E-state index >= 15 is 0 Å². The van der Waals surface area contributed by atoms with Crippen molar-refractivity contribution >= 4 is 17.3 Å². The van der Waals surface area contributed by atoms with Gasteiger partial charge < -0.3 is 24.8 Å². The third kappa shape index (κ3) is 3.90. The van der Waals surface area contributed by atoms with Crippen molar-refractivity contribution in [3.8, 4) is 17.2 Å². The molecule has 0 aromatic heterocycles. The van der Waals surface area contributed by atoms with Gasteiger partial charge in [0.2, 0.25) is 12.7 Å². The maximum Gasteiger partial charge on any atom is 0.243 e. The van der Waals surface area contributed by atoms with E-state index in [2.05, 4.69) is 10.6 Å². The molecule has 126 valence electrons. The molecule has 6 nitrogen and oxygen atoms in total. The molecule has 3 rings (SSSR count). The van der Waals surface area contributed by atoms with Crippen LogP contribution < -0.4 is 24.8 Å². The number of ether oxygens (including phenoxy) is 3. The molecule has 2 N–H and O–H groups in total. The summed E-state index contributed by atoms with van der Waals surface area (Å²) in [6, 6.07) is 12.8. The van der Waals surface area contributed by atoms with Gasteiger partial charge in [-0.3, -0.25) is 4.79 Å². The predicted molar refractivity (Wildman–Crippen MR) is 91.9 cm³/mol. The zero-order valence-electron chi connectivity index (χ0n) is 13.7. The van der Waals surface area contributed by atoms with E-state index in [9.17, 15) is 4.79 Å².